The van der Waals surface area contributed by atoms with Gasteiger partial charge in [-0.05, 0) is 36.8 Å². The molecule has 0 aromatic heterocycles. The maximum Gasteiger partial charge on any atom is 0.338 e. The molecule has 0 aliphatic carbocycles. The molecule has 0 bridgehead atoms. The van der Waals surface area contributed by atoms with Crippen LogP contribution < -0.4 is 4.74 Å². The van der Waals surface area contributed by atoms with Crippen molar-refractivity contribution in [2.24, 2.45) is 0 Å². The quantitative estimate of drug-likeness (QED) is 0.483. The molecule has 0 radical (unpaired) electrons. The predicted molar refractivity (Wildman–Crippen MR) is 122 cm³/mol. The number of sulfonamides is 1. The number of carbonyl (C=O) groups is 1. The van der Waals surface area contributed by atoms with Crippen LogP contribution in [0.4, 0.5) is 4.39 Å². The zero-order chi connectivity index (χ0) is 24.5. The molecule has 0 amide bonds. The summed E-state index contributed by atoms with van der Waals surface area (Å²) >= 11 is 0. The molecule has 9 heteroatoms. The van der Waals surface area contributed by atoms with Gasteiger partial charge >= 0.3 is 5.97 Å². The Labute approximate surface area is 197 Å². The van der Waals surface area contributed by atoms with E-state index in [-0.39, 0.29) is 23.7 Å². The molecule has 178 valence electrons. The van der Waals surface area contributed by atoms with Crippen molar-refractivity contribution in [3.8, 4) is 5.75 Å². The molecule has 3 aromatic rings. The Kier molecular flexibility index (Phi) is 6.70. The van der Waals surface area contributed by atoms with Crippen LogP contribution in [0.15, 0.2) is 65.6 Å². The van der Waals surface area contributed by atoms with E-state index >= 15 is 0 Å². The number of benzene rings is 3. The second-order valence-corrected chi connectivity index (χ2v) is 10.2. The molecule has 34 heavy (non-hydrogen) atoms. The van der Waals surface area contributed by atoms with Gasteiger partial charge in [0.15, 0.2) is 0 Å². The summed E-state index contributed by atoms with van der Waals surface area (Å²) in [5.74, 6) is -0.835. The highest BCUT2D eigenvalue weighted by Gasteiger charge is 2.26. The molecular formula is C25H24FNO6S. The predicted octanol–water partition coefficient (Wildman–Crippen LogP) is 4.35. The van der Waals surface area contributed by atoms with E-state index in [4.69, 9.17) is 14.2 Å². The third-order valence-corrected chi connectivity index (χ3v) is 7.27. The van der Waals surface area contributed by atoms with Crippen molar-refractivity contribution in [2.75, 3.05) is 14.1 Å². The Morgan fingerprint density at radius 2 is 1.85 bits per heavy atom. The maximum atomic E-state index is 14.2. The fraction of sp³-hybridized carbons (Fsp3) is 0.240. The molecule has 3 aromatic carbocycles. The van der Waals surface area contributed by atoms with Gasteiger partial charge in [-0.2, -0.15) is 0 Å². The van der Waals surface area contributed by atoms with Crippen molar-refractivity contribution in [3.05, 3.63) is 94.3 Å². The third-order valence-electron chi connectivity index (χ3n) is 5.46. The number of hydrogen-bond acceptors (Lipinski definition) is 6. The van der Waals surface area contributed by atoms with Gasteiger partial charge in [0.2, 0.25) is 16.3 Å². The number of aryl methyl sites for hydroxylation is 1. The van der Waals surface area contributed by atoms with Crippen LogP contribution in [0.2, 0.25) is 0 Å². The van der Waals surface area contributed by atoms with Crippen LogP contribution in [0, 0.1) is 12.7 Å². The first-order chi connectivity index (χ1) is 16.2. The summed E-state index contributed by atoms with van der Waals surface area (Å²) in [7, 11) is -0.906. The Hall–Kier alpha value is -3.27. The molecule has 0 spiro atoms. The number of esters is 1. The van der Waals surface area contributed by atoms with Gasteiger partial charge in [0, 0.05) is 30.8 Å². The molecule has 1 aliphatic rings. The average molecular weight is 486 g/mol. The minimum absolute atomic E-state index is 0.0237. The van der Waals surface area contributed by atoms with Gasteiger partial charge in [-0.1, -0.05) is 36.4 Å². The van der Waals surface area contributed by atoms with E-state index in [1.54, 1.807) is 13.0 Å². The molecule has 4 rings (SSSR count). The Morgan fingerprint density at radius 3 is 2.56 bits per heavy atom. The summed E-state index contributed by atoms with van der Waals surface area (Å²) in [5.41, 5.74) is 2.32. The molecule has 7 nitrogen and oxygen atoms in total. The highest BCUT2D eigenvalue weighted by atomic mass is 32.2. The van der Waals surface area contributed by atoms with Gasteiger partial charge in [0.05, 0.1) is 17.1 Å². The average Bonchev–Trinajstić information content (AvgIpc) is 2.82. The lowest BCUT2D eigenvalue weighted by atomic mass is 10.1. The molecular weight excluding hydrogens is 461 g/mol. The lowest BCUT2D eigenvalue weighted by Crippen LogP contribution is -2.22. The van der Waals surface area contributed by atoms with Crippen LogP contribution in [0.25, 0.3) is 0 Å². The van der Waals surface area contributed by atoms with E-state index in [0.717, 1.165) is 9.87 Å². The fourth-order valence-electron chi connectivity index (χ4n) is 3.57. The van der Waals surface area contributed by atoms with Crippen molar-refractivity contribution in [2.45, 2.75) is 31.3 Å². The summed E-state index contributed by atoms with van der Waals surface area (Å²) in [6, 6.07) is 16.1. The molecule has 1 unspecified atom stereocenters. The van der Waals surface area contributed by atoms with E-state index in [2.05, 4.69) is 0 Å². The zero-order valence-corrected chi connectivity index (χ0v) is 19.8. The first-order valence-corrected chi connectivity index (χ1v) is 12.0. The van der Waals surface area contributed by atoms with Crippen LogP contribution >= 0.6 is 0 Å². The van der Waals surface area contributed by atoms with Crippen LogP contribution in [0.1, 0.15) is 38.9 Å². The van der Waals surface area contributed by atoms with Crippen molar-refractivity contribution in [1.82, 2.24) is 4.31 Å². The van der Waals surface area contributed by atoms with Crippen molar-refractivity contribution in [1.29, 1.82) is 0 Å². The van der Waals surface area contributed by atoms with Gasteiger partial charge in [-0.15, -0.1) is 0 Å². The van der Waals surface area contributed by atoms with E-state index < -0.39 is 28.1 Å². The molecule has 0 fully saturated rings. The largest absolute Gasteiger partial charge is 0.460 e. The lowest BCUT2D eigenvalue weighted by Gasteiger charge is -2.28. The molecule has 0 saturated heterocycles. The third kappa shape index (κ3) is 4.82. The standard InChI is InChI=1S/C25H24FNO6S/c1-16-9-10-21(34(29,30)27(2)3)13-22(16)24(28)31-14-18-11-20(26)12-19-15-32-25(33-23(18)19)17-7-5-4-6-8-17/h4-13,25H,14-15H2,1-3H3. The summed E-state index contributed by atoms with van der Waals surface area (Å²) in [5, 5.41) is 0. The van der Waals surface area contributed by atoms with Gasteiger partial charge < -0.3 is 14.2 Å². The van der Waals surface area contributed by atoms with Crippen LogP contribution in [-0.2, 0) is 32.7 Å². The number of rotatable bonds is 6. The van der Waals surface area contributed by atoms with Gasteiger partial charge in [-0.25, -0.2) is 21.9 Å². The summed E-state index contributed by atoms with van der Waals surface area (Å²) in [6.07, 6.45) is -0.677. The zero-order valence-electron chi connectivity index (χ0n) is 18.9. The fourth-order valence-corrected chi connectivity index (χ4v) is 4.50. The first-order valence-electron chi connectivity index (χ1n) is 10.5. The molecule has 1 aliphatic heterocycles. The maximum absolute atomic E-state index is 14.2. The summed E-state index contributed by atoms with van der Waals surface area (Å²) in [6.45, 7) is 1.55. The monoisotopic (exact) mass is 485 g/mol. The second-order valence-electron chi connectivity index (χ2n) is 8.06. The lowest BCUT2D eigenvalue weighted by molar-refractivity contribution is -0.112. The highest BCUT2D eigenvalue weighted by molar-refractivity contribution is 7.89. The molecule has 1 heterocycles. The van der Waals surface area contributed by atoms with Crippen molar-refractivity contribution >= 4 is 16.0 Å². The number of hydrogen-bond donors (Lipinski definition) is 0. The van der Waals surface area contributed by atoms with Crippen LogP contribution in [0.3, 0.4) is 0 Å². The molecule has 0 N–H and O–H groups in total. The number of halogens is 1. The van der Waals surface area contributed by atoms with E-state index in [1.165, 1.54) is 38.4 Å². The minimum Gasteiger partial charge on any atom is -0.460 e. The molecule has 0 saturated carbocycles. The van der Waals surface area contributed by atoms with E-state index in [0.29, 0.717) is 22.4 Å². The Morgan fingerprint density at radius 1 is 1.12 bits per heavy atom. The van der Waals surface area contributed by atoms with Gasteiger partial charge in [0.25, 0.3) is 0 Å². The Bertz CT molecular complexity index is 1320. The van der Waals surface area contributed by atoms with Gasteiger partial charge in [-0.3, -0.25) is 0 Å². The Balaban J connectivity index is 1.57. The summed E-state index contributed by atoms with van der Waals surface area (Å²) < 4.78 is 57.3. The number of ether oxygens (including phenoxy) is 3. The van der Waals surface area contributed by atoms with E-state index in [1.807, 2.05) is 30.3 Å². The van der Waals surface area contributed by atoms with Crippen LogP contribution in [-0.4, -0.2) is 32.8 Å². The highest BCUT2D eigenvalue weighted by Crippen LogP contribution is 2.37. The van der Waals surface area contributed by atoms with Crippen molar-refractivity contribution in [3.63, 3.8) is 0 Å². The normalized spacial score (nSPS) is 15.5. The van der Waals surface area contributed by atoms with Crippen LogP contribution in [0.5, 0.6) is 5.75 Å². The number of carbonyl (C=O) groups excluding carboxylic acids is 1. The topological polar surface area (TPSA) is 82.1 Å². The van der Waals surface area contributed by atoms with Crippen molar-refractivity contribution < 1.29 is 31.8 Å². The minimum atomic E-state index is -3.72. The summed E-state index contributed by atoms with van der Waals surface area (Å²) in [4.78, 5) is 12.8. The second kappa shape index (κ2) is 9.54. The number of fused-ring (bicyclic) bond motifs is 1. The molecule has 1 atom stereocenters. The van der Waals surface area contributed by atoms with E-state index in [9.17, 15) is 17.6 Å². The number of nitrogens with zero attached hydrogens (tertiary/aromatic N) is 1. The van der Waals surface area contributed by atoms with Gasteiger partial charge in [0.1, 0.15) is 18.2 Å². The smallest absolute Gasteiger partial charge is 0.338 e. The first kappa shape index (κ1) is 23.9. The SMILES string of the molecule is Cc1ccc(S(=O)(=O)N(C)C)cc1C(=O)OCc1cc(F)cc2c1OC(c1ccccc1)OC2.